The van der Waals surface area contributed by atoms with Crippen molar-refractivity contribution in [3.8, 4) is 17.0 Å². The molecule has 0 unspecified atom stereocenters. The van der Waals surface area contributed by atoms with Crippen LogP contribution in [0.15, 0.2) is 61.1 Å². The van der Waals surface area contributed by atoms with Crippen molar-refractivity contribution in [2.45, 2.75) is 0 Å². The van der Waals surface area contributed by atoms with E-state index in [9.17, 15) is 14.0 Å². The van der Waals surface area contributed by atoms with Crippen molar-refractivity contribution in [1.29, 1.82) is 0 Å². The summed E-state index contributed by atoms with van der Waals surface area (Å²) >= 11 is 0. The molecule has 10 nitrogen and oxygen atoms in total. The Labute approximate surface area is 193 Å². The minimum absolute atomic E-state index is 0.0438. The molecule has 3 aromatic heterocycles. The van der Waals surface area contributed by atoms with E-state index in [1.165, 1.54) is 37.3 Å². The molecule has 0 radical (unpaired) electrons. The van der Waals surface area contributed by atoms with Crippen molar-refractivity contribution in [3.63, 3.8) is 0 Å². The number of methoxy groups -OCH3 is 1. The van der Waals surface area contributed by atoms with Crippen molar-refractivity contribution in [2.24, 2.45) is 0 Å². The van der Waals surface area contributed by atoms with Gasteiger partial charge in [0.2, 0.25) is 0 Å². The van der Waals surface area contributed by atoms with E-state index in [0.717, 1.165) is 0 Å². The number of urea groups is 1. The molecule has 2 N–H and O–H groups in total. The molecule has 174 valence electrons. The number of nitrogens with one attached hydrogen (secondary N) is 1. The van der Waals surface area contributed by atoms with E-state index in [2.05, 4.69) is 15.3 Å². The number of pyridine rings is 2. The fourth-order valence-electron chi connectivity index (χ4n) is 3.30. The molecule has 0 fully saturated rings. The first kappa shape index (κ1) is 22.7. The Kier molecular flexibility index (Phi) is 6.11. The molecule has 34 heavy (non-hydrogen) atoms. The summed E-state index contributed by atoms with van der Waals surface area (Å²) in [5, 5.41) is 12.0. The molecule has 0 aliphatic heterocycles. The molecule has 0 bridgehead atoms. The largest absolute Gasteiger partial charge is 0.494 e. The number of halogens is 1. The number of nitrogens with zero attached hydrogens (tertiary/aromatic N) is 5. The molecule has 0 saturated carbocycles. The maximum Gasteiger partial charge on any atom is 0.346 e. The third kappa shape index (κ3) is 4.36. The summed E-state index contributed by atoms with van der Waals surface area (Å²) in [4.78, 5) is 34.6. The second kappa shape index (κ2) is 9.16. The van der Waals surface area contributed by atoms with Gasteiger partial charge in [-0.05, 0) is 36.4 Å². The van der Waals surface area contributed by atoms with E-state index in [1.807, 2.05) is 0 Å². The first-order valence-corrected chi connectivity index (χ1v) is 10.1. The highest BCUT2D eigenvalue weighted by Gasteiger charge is 2.17. The van der Waals surface area contributed by atoms with Crippen LogP contribution in [0.2, 0.25) is 0 Å². The van der Waals surface area contributed by atoms with Gasteiger partial charge in [-0.3, -0.25) is 19.7 Å². The molecule has 3 heterocycles. The van der Waals surface area contributed by atoms with Crippen molar-refractivity contribution < 1.29 is 23.9 Å². The third-order valence-corrected chi connectivity index (χ3v) is 5.17. The zero-order valence-electron chi connectivity index (χ0n) is 18.6. The summed E-state index contributed by atoms with van der Waals surface area (Å²) in [5.74, 6) is -0.517. The summed E-state index contributed by atoms with van der Waals surface area (Å²) in [7, 11) is 4.15. The van der Waals surface area contributed by atoms with Crippen molar-refractivity contribution in [3.05, 3.63) is 72.4 Å². The Hall–Kier alpha value is -4.51. The number of carbonyl (C=O) groups excluding carboxylic acids is 2. The maximum absolute atomic E-state index is 13.7. The predicted octanol–water partition coefficient (Wildman–Crippen LogP) is 3.67. The average Bonchev–Trinajstić information content (AvgIpc) is 3.27. The molecular formula is C23H21FN6O4. The first-order chi connectivity index (χ1) is 16.3. The summed E-state index contributed by atoms with van der Waals surface area (Å²) in [5.41, 5.74) is 2.87. The molecule has 0 atom stereocenters. The summed E-state index contributed by atoms with van der Waals surface area (Å²) in [6.07, 6.45) is 4.85. The highest BCUT2D eigenvalue weighted by atomic mass is 19.1. The minimum Gasteiger partial charge on any atom is -0.494 e. The van der Waals surface area contributed by atoms with E-state index < -0.39 is 11.8 Å². The van der Waals surface area contributed by atoms with Gasteiger partial charge in [0.1, 0.15) is 11.5 Å². The Morgan fingerprint density at radius 3 is 2.56 bits per heavy atom. The number of hydrogen-bond donors (Lipinski definition) is 2. The normalized spacial score (nSPS) is 10.7. The zero-order valence-corrected chi connectivity index (χ0v) is 18.6. The SMILES string of the molecule is COc1cc(N(C)C(=O)c2ccc3ncc(-c4ccc(NC(=O)N(C)O)nc4)n3c2)ccc1F. The van der Waals surface area contributed by atoms with Gasteiger partial charge in [0.05, 0.1) is 24.6 Å². The number of carbonyl (C=O) groups is 2. The molecule has 0 aliphatic carbocycles. The highest BCUT2D eigenvalue weighted by Crippen LogP contribution is 2.26. The van der Waals surface area contributed by atoms with Crippen LogP contribution in [-0.2, 0) is 0 Å². The standard InChI is InChI=1S/C23H21FN6O4/c1-28(16-6-7-17(24)19(10-16)34-3)22(31)15-5-9-21-26-12-18(30(21)13-15)14-4-8-20(25-11-14)27-23(32)29(2)33/h4-13,33H,1-3H3,(H,25,27,32). The van der Waals surface area contributed by atoms with E-state index in [4.69, 9.17) is 9.94 Å². The molecule has 0 saturated heterocycles. The van der Waals surface area contributed by atoms with Crippen LogP contribution in [0.1, 0.15) is 10.4 Å². The Balaban J connectivity index is 1.62. The van der Waals surface area contributed by atoms with Crippen LogP contribution in [0.3, 0.4) is 0 Å². The van der Waals surface area contributed by atoms with Gasteiger partial charge in [-0.1, -0.05) is 0 Å². The average molecular weight is 464 g/mol. The van der Waals surface area contributed by atoms with Gasteiger partial charge < -0.3 is 9.64 Å². The minimum atomic E-state index is -0.721. The zero-order chi connectivity index (χ0) is 24.4. The van der Waals surface area contributed by atoms with Crippen LogP contribution in [-0.4, -0.2) is 57.8 Å². The van der Waals surface area contributed by atoms with Gasteiger partial charge in [0.25, 0.3) is 5.91 Å². The van der Waals surface area contributed by atoms with Crippen LogP contribution in [0.4, 0.5) is 20.7 Å². The number of fused-ring (bicyclic) bond motifs is 1. The lowest BCUT2D eigenvalue weighted by atomic mass is 10.2. The van der Waals surface area contributed by atoms with Crippen LogP contribution in [0.25, 0.3) is 16.9 Å². The second-order valence-corrected chi connectivity index (χ2v) is 7.36. The molecule has 4 rings (SSSR count). The number of ether oxygens (including phenoxy) is 1. The maximum atomic E-state index is 13.7. The number of aromatic nitrogens is 3. The molecule has 3 amide bonds. The molecule has 0 aliphatic rings. The number of amides is 3. The molecule has 1 aromatic carbocycles. The quantitative estimate of drug-likeness (QED) is 0.344. The predicted molar refractivity (Wildman–Crippen MR) is 123 cm³/mol. The van der Waals surface area contributed by atoms with Crippen LogP contribution >= 0.6 is 0 Å². The number of rotatable bonds is 5. The Morgan fingerprint density at radius 2 is 1.88 bits per heavy atom. The number of hydrogen-bond acceptors (Lipinski definition) is 6. The Bertz CT molecular complexity index is 1370. The summed E-state index contributed by atoms with van der Waals surface area (Å²) in [6, 6.07) is 10.2. The number of anilines is 2. The lowest BCUT2D eigenvalue weighted by Crippen LogP contribution is -2.28. The monoisotopic (exact) mass is 464 g/mol. The fourth-order valence-corrected chi connectivity index (χ4v) is 3.30. The van der Waals surface area contributed by atoms with E-state index in [1.54, 1.807) is 54.3 Å². The van der Waals surface area contributed by atoms with Gasteiger partial charge in [0, 0.05) is 43.8 Å². The molecule has 11 heteroatoms. The summed E-state index contributed by atoms with van der Waals surface area (Å²) in [6.45, 7) is 0. The lowest BCUT2D eigenvalue weighted by Gasteiger charge is -2.18. The van der Waals surface area contributed by atoms with Crippen LogP contribution in [0, 0.1) is 5.82 Å². The van der Waals surface area contributed by atoms with Gasteiger partial charge in [-0.2, -0.15) is 0 Å². The first-order valence-electron chi connectivity index (χ1n) is 10.1. The number of imidazole rings is 1. The van der Waals surface area contributed by atoms with Gasteiger partial charge in [-0.15, -0.1) is 0 Å². The molecule has 0 spiro atoms. The highest BCUT2D eigenvalue weighted by molar-refractivity contribution is 6.05. The van der Waals surface area contributed by atoms with Crippen molar-refractivity contribution in [2.75, 3.05) is 31.4 Å². The van der Waals surface area contributed by atoms with Crippen LogP contribution < -0.4 is 15.0 Å². The number of benzene rings is 1. The van der Waals surface area contributed by atoms with Gasteiger partial charge in [-0.25, -0.2) is 24.2 Å². The van der Waals surface area contributed by atoms with Crippen LogP contribution in [0.5, 0.6) is 5.75 Å². The molecular weight excluding hydrogens is 443 g/mol. The van der Waals surface area contributed by atoms with E-state index >= 15 is 0 Å². The van der Waals surface area contributed by atoms with Gasteiger partial charge in [0.15, 0.2) is 11.6 Å². The third-order valence-electron chi connectivity index (χ3n) is 5.17. The smallest absolute Gasteiger partial charge is 0.346 e. The van der Waals surface area contributed by atoms with Crippen molar-refractivity contribution >= 4 is 29.1 Å². The Morgan fingerprint density at radius 1 is 1.09 bits per heavy atom. The van der Waals surface area contributed by atoms with E-state index in [-0.39, 0.29) is 17.5 Å². The number of hydroxylamine groups is 2. The summed E-state index contributed by atoms with van der Waals surface area (Å²) < 4.78 is 20.5. The fraction of sp³-hybridized carbons (Fsp3) is 0.130. The van der Waals surface area contributed by atoms with E-state index in [0.29, 0.717) is 33.2 Å². The molecule has 4 aromatic rings. The lowest BCUT2D eigenvalue weighted by molar-refractivity contribution is -0.0118. The van der Waals surface area contributed by atoms with Gasteiger partial charge >= 0.3 is 6.03 Å². The second-order valence-electron chi connectivity index (χ2n) is 7.36. The topological polar surface area (TPSA) is 112 Å². The van der Waals surface area contributed by atoms with Crippen molar-refractivity contribution in [1.82, 2.24) is 19.4 Å².